The summed E-state index contributed by atoms with van der Waals surface area (Å²) in [6, 6.07) is 8.70. The molecule has 122 valence electrons. The van der Waals surface area contributed by atoms with Crippen LogP contribution >= 0.6 is 22.9 Å². The zero-order valence-electron chi connectivity index (χ0n) is 12.5. The Balaban J connectivity index is 1.81. The van der Waals surface area contributed by atoms with Crippen LogP contribution in [0.5, 0.6) is 0 Å². The first-order valence-electron chi connectivity index (χ1n) is 7.23. The molecule has 1 amide bonds. The van der Waals surface area contributed by atoms with Crippen molar-refractivity contribution in [1.29, 1.82) is 0 Å². The summed E-state index contributed by atoms with van der Waals surface area (Å²) < 4.78 is 23.2. The largest absolute Gasteiger partial charge is 0.345 e. The first kappa shape index (κ1) is 16.5. The van der Waals surface area contributed by atoms with E-state index in [-0.39, 0.29) is 16.2 Å². The maximum atomic E-state index is 12.4. The molecule has 0 fully saturated rings. The molecule has 7 heteroatoms. The Hall–Kier alpha value is -1.37. The highest BCUT2D eigenvalue weighted by atomic mass is 35.5. The third-order valence-electron chi connectivity index (χ3n) is 3.90. The number of hydrogen-bond acceptors (Lipinski definition) is 4. The van der Waals surface area contributed by atoms with Gasteiger partial charge in [-0.05, 0) is 54.7 Å². The number of halogens is 1. The lowest BCUT2D eigenvalue weighted by molar-refractivity contribution is 0.0937. The molecular formula is C16H16ClNO3S2. The summed E-state index contributed by atoms with van der Waals surface area (Å²) in [5.41, 5.74) is 2.26. The molecule has 0 radical (unpaired) electrons. The van der Waals surface area contributed by atoms with Gasteiger partial charge in [0.1, 0.15) is 4.21 Å². The number of benzene rings is 1. The smallest absolute Gasteiger partial charge is 0.261 e. The van der Waals surface area contributed by atoms with E-state index < -0.39 is 9.84 Å². The normalized spacial score (nSPS) is 17.6. The van der Waals surface area contributed by atoms with Crippen LogP contribution in [0.4, 0.5) is 0 Å². The Bertz CT molecular complexity index is 858. The number of fused-ring (bicyclic) bond motifs is 1. The van der Waals surface area contributed by atoms with Crippen molar-refractivity contribution in [1.82, 2.24) is 5.32 Å². The van der Waals surface area contributed by atoms with Gasteiger partial charge in [-0.15, -0.1) is 11.3 Å². The Morgan fingerprint density at radius 2 is 2.09 bits per heavy atom. The van der Waals surface area contributed by atoms with Gasteiger partial charge >= 0.3 is 0 Å². The van der Waals surface area contributed by atoms with Crippen LogP contribution in [0.15, 0.2) is 34.5 Å². The number of sulfone groups is 1. The maximum absolute atomic E-state index is 12.4. The van der Waals surface area contributed by atoms with Crippen molar-refractivity contribution < 1.29 is 13.2 Å². The first-order valence-corrected chi connectivity index (χ1v) is 10.3. The first-order chi connectivity index (χ1) is 10.8. The van der Waals surface area contributed by atoms with E-state index in [2.05, 4.69) is 5.32 Å². The number of amides is 1. The number of carbonyl (C=O) groups is 1. The van der Waals surface area contributed by atoms with E-state index >= 15 is 0 Å². The predicted octanol–water partition coefficient (Wildman–Crippen LogP) is 3.61. The molecule has 1 atom stereocenters. The molecule has 1 N–H and O–H groups in total. The Morgan fingerprint density at radius 3 is 2.78 bits per heavy atom. The van der Waals surface area contributed by atoms with Crippen LogP contribution < -0.4 is 5.32 Å². The molecule has 0 aliphatic heterocycles. The number of hydrogen-bond donors (Lipinski definition) is 1. The van der Waals surface area contributed by atoms with Crippen LogP contribution in [0.2, 0.25) is 5.02 Å². The lowest BCUT2D eigenvalue weighted by Gasteiger charge is -2.26. The highest BCUT2D eigenvalue weighted by Gasteiger charge is 2.23. The Morgan fingerprint density at radius 1 is 1.30 bits per heavy atom. The van der Waals surface area contributed by atoms with Crippen LogP contribution in [0.1, 0.15) is 39.7 Å². The van der Waals surface area contributed by atoms with Gasteiger partial charge in [-0.2, -0.15) is 0 Å². The number of carbonyl (C=O) groups excluding carboxylic acids is 1. The number of thiophene rings is 1. The van der Waals surface area contributed by atoms with E-state index in [0.717, 1.165) is 48.0 Å². The SMILES string of the molecule is CS(=O)(=O)c1ccc(C(=O)N[C@H]2CCCc3cc(Cl)ccc32)s1. The minimum absolute atomic E-state index is 0.0627. The van der Waals surface area contributed by atoms with Crippen LogP contribution in [-0.2, 0) is 16.3 Å². The van der Waals surface area contributed by atoms with Crippen molar-refractivity contribution in [2.75, 3.05) is 6.26 Å². The standard InChI is InChI=1S/C16H16ClNO3S2/c1-23(20,21)15-8-7-14(22-15)16(19)18-13-4-2-3-10-9-11(17)5-6-12(10)13/h5-9,13H,2-4H2,1H3,(H,18,19)/t13-/m0/s1. The van der Waals surface area contributed by atoms with Gasteiger partial charge < -0.3 is 5.32 Å². The molecule has 1 aliphatic rings. The third kappa shape index (κ3) is 3.59. The van der Waals surface area contributed by atoms with Gasteiger partial charge in [-0.25, -0.2) is 8.42 Å². The van der Waals surface area contributed by atoms with Gasteiger partial charge in [0.2, 0.25) is 0 Å². The van der Waals surface area contributed by atoms with Gasteiger partial charge in [0.25, 0.3) is 5.91 Å². The number of aryl methyl sites for hydroxylation is 1. The van der Waals surface area contributed by atoms with Crippen molar-refractivity contribution in [3.8, 4) is 0 Å². The quantitative estimate of drug-likeness (QED) is 0.898. The zero-order valence-corrected chi connectivity index (χ0v) is 14.9. The van der Waals surface area contributed by atoms with Crippen LogP contribution in [0, 0.1) is 0 Å². The fourth-order valence-electron chi connectivity index (χ4n) is 2.80. The highest BCUT2D eigenvalue weighted by Crippen LogP contribution is 2.32. The zero-order chi connectivity index (χ0) is 16.6. The van der Waals surface area contributed by atoms with E-state index in [0.29, 0.717) is 9.90 Å². The van der Waals surface area contributed by atoms with Crippen molar-refractivity contribution in [3.63, 3.8) is 0 Å². The summed E-state index contributed by atoms with van der Waals surface area (Å²) in [6.45, 7) is 0. The molecule has 0 unspecified atom stereocenters. The predicted molar refractivity (Wildman–Crippen MR) is 92.0 cm³/mol. The second kappa shape index (κ2) is 6.26. The van der Waals surface area contributed by atoms with E-state index in [1.165, 1.54) is 6.07 Å². The molecule has 1 heterocycles. The second-order valence-corrected chi connectivity index (χ2v) is 9.42. The Kier molecular flexibility index (Phi) is 4.49. The molecule has 3 rings (SSSR count). The fraction of sp³-hybridized carbons (Fsp3) is 0.312. The summed E-state index contributed by atoms with van der Waals surface area (Å²) in [6.07, 6.45) is 3.95. The summed E-state index contributed by atoms with van der Waals surface area (Å²) in [4.78, 5) is 12.8. The maximum Gasteiger partial charge on any atom is 0.261 e. The lowest BCUT2D eigenvalue weighted by atomic mass is 9.87. The molecule has 1 aromatic heterocycles. The topological polar surface area (TPSA) is 63.2 Å². The third-order valence-corrected chi connectivity index (χ3v) is 7.03. The van der Waals surface area contributed by atoms with Crippen molar-refractivity contribution in [2.45, 2.75) is 29.5 Å². The summed E-state index contributed by atoms with van der Waals surface area (Å²) in [5, 5.41) is 3.71. The molecule has 0 saturated heterocycles. The highest BCUT2D eigenvalue weighted by molar-refractivity contribution is 7.92. The molecule has 0 spiro atoms. The molecule has 2 aromatic rings. The van der Waals surface area contributed by atoms with Crippen LogP contribution in [0.3, 0.4) is 0 Å². The molecule has 0 bridgehead atoms. The second-order valence-electron chi connectivity index (χ2n) is 5.65. The van der Waals surface area contributed by atoms with Crippen LogP contribution in [-0.4, -0.2) is 20.6 Å². The molecule has 23 heavy (non-hydrogen) atoms. The summed E-state index contributed by atoms with van der Waals surface area (Å²) in [7, 11) is -3.28. The van der Waals surface area contributed by atoms with Gasteiger partial charge in [0.05, 0.1) is 10.9 Å². The monoisotopic (exact) mass is 369 g/mol. The van der Waals surface area contributed by atoms with E-state index in [4.69, 9.17) is 11.6 Å². The van der Waals surface area contributed by atoms with Gasteiger partial charge in [-0.3, -0.25) is 4.79 Å². The van der Waals surface area contributed by atoms with Crippen molar-refractivity contribution >= 4 is 38.7 Å². The number of nitrogens with one attached hydrogen (secondary N) is 1. The summed E-state index contributed by atoms with van der Waals surface area (Å²) >= 11 is 7.03. The summed E-state index contributed by atoms with van der Waals surface area (Å²) in [5.74, 6) is -0.238. The van der Waals surface area contributed by atoms with Crippen molar-refractivity contribution in [2.24, 2.45) is 0 Å². The average molecular weight is 370 g/mol. The molecule has 4 nitrogen and oxygen atoms in total. The number of rotatable bonds is 3. The minimum Gasteiger partial charge on any atom is -0.345 e. The van der Waals surface area contributed by atoms with Crippen molar-refractivity contribution in [3.05, 3.63) is 51.4 Å². The fourth-order valence-corrected chi connectivity index (χ4v) is 4.83. The van der Waals surface area contributed by atoms with E-state index in [1.54, 1.807) is 6.07 Å². The Labute approximate surface area is 144 Å². The van der Waals surface area contributed by atoms with E-state index in [9.17, 15) is 13.2 Å². The molecule has 1 aromatic carbocycles. The molecule has 1 aliphatic carbocycles. The average Bonchev–Trinajstić information content (AvgIpc) is 2.97. The molecule has 0 saturated carbocycles. The lowest BCUT2D eigenvalue weighted by Crippen LogP contribution is -2.30. The molecular weight excluding hydrogens is 354 g/mol. The van der Waals surface area contributed by atoms with Gasteiger partial charge in [0, 0.05) is 11.3 Å². The minimum atomic E-state index is -3.28. The van der Waals surface area contributed by atoms with E-state index in [1.807, 2.05) is 18.2 Å². The van der Waals surface area contributed by atoms with Gasteiger partial charge in [0.15, 0.2) is 9.84 Å². The van der Waals surface area contributed by atoms with Gasteiger partial charge in [-0.1, -0.05) is 17.7 Å². The van der Waals surface area contributed by atoms with Crippen LogP contribution in [0.25, 0.3) is 0 Å².